The van der Waals surface area contributed by atoms with Crippen LogP contribution in [0.5, 0.6) is 0 Å². The Morgan fingerprint density at radius 3 is 2.87 bits per heavy atom. The van der Waals surface area contributed by atoms with Crippen LogP contribution in [0.15, 0.2) is 47.2 Å². The minimum absolute atomic E-state index is 0.0654. The molecule has 0 aliphatic heterocycles. The van der Waals surface area contributed by atoms with E-state index in [1.165, 1.54) is 25.3 Å². The number of alkyl halides is 2. The molecule has 1 aliphatic rings. The summed E-state index contributed by atoms with van der Waals surface area (Å²) in [6.07, 6.45) is 2.44. The number of anilines is 1. The fourth-order valence-electron chi connectivity index (χ4n) is 3.59. The minimum Gasteiger partial charge on any atom is -0.339 e. The molecule has 1 aromatic carbocycles. The molecule has 0 radical (unpaired) electrons. The number of benzene rings is 1. The highest BCUT2D eigenvalue weighted by Crippen LogP contribution is 2.48. The van der Waals surface area contributed by atoms with Crippen LogP contribution < -0.4 is 5.32 Å². The first-order valence-corrected chi connectivity index (χ1v) is 9.56. The Morgan fingerprint density at radius 2 is 2.10 bits per heavy atom. The molecule has 1 saturated carbocycles. The van der Waals surface area contributed by atoms with Gasteiger partial charge < -0.3 is 9.84 Å². The van der Waals surface area contributed by atoms with Crippen LogP contribution >= 0.6 is 0 Å². The molecule has 0 saturated heterocycles. The zero-order valence-corrected chi connectivity index (χ0v) is 16.3. The molecule has 0 bridgehead atoms. The molecule has 10 heteroatoms. The average Bonchev–Trinajstić information content (AvgIpc) is 3.36. The number of fused-ring (bicyclic) bond motifs is 1. The summed E-state index contributed by atoms with van der Waals surface area (Å²) in [6, 6.07) is 8.05. The minimum atomic E-state index is -2.72. The van der Waals surface area contributed by atoms with Crippen molar-refractivity contribution >= 4 is 17.1 Å². The Morgan fingerprint density at radius 1 is 1.29 bits per heavy atom. The van der Waals surface area contributed by atoms with Gasteiger partial charge in [-0.05, 0) is 31.2 Å². The lowest BCUT2D eigenvalue weighted by atomic mass is 9.81. The number of nitrogens with one attached hydrogen (secondary N) is 1. The summed E-state index contributed by atoms with van der Waals surface area (Å²) in [5.74, 6) is -4.10. The highest BCUT2D eigenvalue weighted by molar-refractivity contribution is 6.09. The summed E-state index contributed by atoms with van der Waals surface area (Å²) in [4.78, 5) is 16.9. The van der Waals surface area contributed by atoms with E-state index in [0.29, 0.717) is 11.1 Å². The highest BCUT2D eigenvalue weighted by atomic mass is 19.3. The van der Waals surface area contributed by atoms with Gasteiger partial charge in [-0.25, -0.2) is 17.7 Å². The molecular weight excluding hydrogens is 411 g/mol. The van der Waals surface area contributed by atoms with Crippen LogP contribution in [0.3, 0.4) is 0 Å². The van der Waals surface area contributed by atoms with Crippen molar-refractivity contribution in [3.63, 3.8) is 0 Å². The van der Waals surface area contributed by atoms with Crippen molar-refractivity contribution in [1.29, 1.82) is 0 Å². The van der Waals surface area contributed by atoms with Gasteiger partial charge in [-0.3, -0.25) is 4.79 Å². The number of halogens is 3. The maximum Gasteiger partial charge on any atom is 0.259 e. The molecule has 3 heterocycles. The van der Waals surface area contributed by atoms with Gasteiger partial charge in [0.2, 0.25) is 17.6 Å². The summed E-state index contributed by atoms with van der Waals surface area (Å²) in [7, 11) is 0. The van der Waals surface area contributed by atoms with Gasteiger partial charge in [0.05, 0.1) is 17.3 Å². The third-order valence-electron chi connectivity index (χ3n) is 5.40. The predicted octanol–water partition coefficient (Wildman–Crippen LogP) is 4.60. The molecule has 1 aliphatic carbocycles. The van der Waals surface area contributed by atoms with Crippen LogP contribution in [0.25, 0.3) is 16.9 Å². The van der Waals surface area contributed by atoms with E-state index in [0.717, 1.165) is 0 Å². The highest BCUT2D eigenvalue weighted by Gasteiger charge is 2.48. The van der Waals surface area contributed by atoms with Crippen LogP contribution in [0.2, 0.25) is 0 Å². The maximum absolute atomic E-state index is 14.6. The first kappa shape index (κ1) is 19.3. The smallest absolute Gasteiger partial charge is 0.259 e. The van der Waals surface area contributed by atoms with Crippen LogP contribution in [0, 0.1) is 12.7 Å². The summed E-state index contributed by atoms with van der Waals surface area (Å²) in [6.45, 7) is 1.53. The SMILES string of the molecule is Cc1c(F)cc(-c2noc(C3CC(F)(F)C3)n2)cc1NC(=O)c1cnn2ccccc12. The molecule has 0 spiro atoms. The molecule has 31 heavy (non-hydrogen) atoms. The van der Waals surface area contributed by atoms with Gasteiger partial charge in [-0.1, -0.05) is 11.2 Å². The molecule has 3 aromatic heterocycles. The second-order valence-corrected chi connectivity index (χ2v) is 7.59. The summed E-state index contributed by atoms with van der Waals surface area (Å²) >= 11 is 0. The maximum atomic E-state index is 14.6. The summed E-state index contributed by atoms with van der Waals surface area (Å²) in [5.41, 5.74) is 1.67. The first-order valence-electron chi connectivity index (χ1n) is 9.56. The van der Waals surface area contributed by atoms with Crippen molar-refractivity contribution in [2.45, 2.75) is 31.6 Å². The molecular formula is C21H16F3N5O2. The van der Waals surface area contributed by atoms with Gasteiger partial charge >= 0.3 is 0 Å². The number of aromatic nitrogens is 4. The fraction of sp³-hybridized carbons (Fsp3) is 0.238. The van der Waals surface area contributed by atoms with Gasteiger partial charge in [0.15, 0.2) is 0 Å². The van der Waals surface area contributed by atoms with Gasteiger partial charge in [-0.15, -0.1) is 0 Å². The lowest BCUT2D eigenvalue weighted by Crippen LogP contribution is -2.33. The van der Waals surface area contributed by atoms with Crippen molar-refractivity contribution in [3.05, 3.63) is 65.6 Å². The molecule has 1 fully saturated rings. The number of hydrogen-bond acceptors (Lipinski definition) is 5. The van der Waals surface area contributed by atoms with Gasteiger partial charge in [0, 0.05) is 41.8 Å². The summed E-state index contributed by atoms with van der Waals surface area (Å²) < 4.78 is 47.4. The molecule has 0 unspecified atom stereocenters. The standard InChI is InChI=1S/C21H16F3N5O2/c1-11-15(22)6-12(18-27-20(31-28-18)13-8-21(23,24)9-13)7-16(11)26-19(30)14-10-25-29-5-3-2-4-17(14)29/h2-7,10,13H,8-9H2,1H3,(H,26,30). The number of hydrogen-bond donors (Lipinski definition) is 1. The Balaban J connectivity index is 1.43. The molecule has 158 valence electrons. The van der Waals surface area contributed by atoms with E-state index in [-0.39, 0.29) is 41.4 Å². The molecule has 0 atom stereocenters. The first-order chi connectivity index (χ1) is 14.8. The lowest BCUT2D eigenvalue weighted by Gasteiger charge is -2.31. The van der Waals surface area contributed by atoms with E-state index in [9.17, 15) is 18.0 Å². The van der Waals surface area contributed by atoms with E-state index in [1.54, 1.807) is 28.9 Å². The van der Waals surface area contributed by atoms with Crippen molar-refractivity contribution in [3.8, 4) is 11.4 Å². The largest absolute Gasteiger partial charge is 0.339 e. The van der Waals surface area contributed by atoms with E-state index in [4.69, 9.17) is 4.52 Å². The zero-order chi connectivity index (χ0) is 21.8. The van der Waals surface area contributed by atoms with Crippen LogP contribution in [0.4, 0.5) is 18.9 Å². The molecule has 7 nitrogen and oxygen atoms in total. The third kappa shape index (κ3) is 3.43. The lowest BCUT2D eigenvalue weighted by molar-refractivity contribution is -0.0925. The number of pyridine rings is 1. The van der Waals surface area contributed by atoms with Gasteiger partial charge in [0.1, 0.15) is 5.82 Å². The Hall–Kier alpha value is -3.69. The van der Waals surface area contributed by atoms with Crippen LogP contribution in [-0.4, -0.2) is 31.6 Å². The summed E-state index contributed by atoms with van der Waals surface area (Å²) in [5, 5.41) is 10.6. The Labute approximate surface area is 173 Å². The number of rotatable bonds is 4. The van der Waals surface area contributed by atoms with Crippen molar-refractivity contribution in [2.75, 3.05) is 5.32 Å². The third-order valence-corrected chi connectivity index (χ3v) is 5.40. The van der Waals surface area contributed by atoms with Gasteiger partial charge in [-0.2, -0.15) is 10.1 Å². The normalized spacial score (nSPS) is 15.7. The Kier molecular flexibility index (Phi) is 4.31. The van der Waals surface area contributed by atoms with E-state index < -0.39 is 23.6 Å². The van der Waals surface area contributed by atoms with Crippen LogP contribution in [0.1, 0.15) is 40.6 Å². The van der Waals surface area contributed by atoms with E-state index in [1.807, 2.05) is 0 Å². The van der Waals surface area contributed by atoms with Crippen LogP contribution in [-0.2, 0) is 0 Å². The van der Waals surface area contributed by atoms with Crippen molar-refractivity contribution < 1.29 is 22.5 Å². The number of amides is 1. The monoisotopic (exact) mass is 427 g/mol. The predicted molar refractivity (Wildman–Crippen MR) is 104 cm³/mol. The number of nitrogens with zero attached hydrogens (tertiary/aromatic N) is 4. The van der Waals surface area contributed by atoms with E-state index in [2.05, 4.69) is 20.6 Å². The van der Waals surface area contributed by atoms with E-state index >= 15 is 0 Å². The van der Waals surface area contributed by atoms with Crippen molar-refractivity contribution in [1.82, 2.24) is 19.8 Å². The second-order valence-electron chi connectivity index (χ2n) is 7.59. The number of carbonyl (C=O) groups excluding carboxylic acids is 1. The van der Waals surface area contributed by atoms with Gasteiger partial charge in [0.25, 0.3) is 5.91 Å². The molecule has 5 rings (SSSR count). The number of carbonyl (C=O) groups is 1. The quantitative estimate of drug-likeness (QED) is 0.515. The Bertz CT molecular complexity index is 1310. The van der Waals surface area contributed by atoms with Crippen molar-refractivity contribution in [2.24, 2.45) is 0 Å². The fourth-order valence-corrected chi connectivity index (χ4v) is 3.59. The average molecular weight is 427 g/mol. The molecule has 4 aromatic rings. The second kappa shape index (κ2) is 6.93. The molecule has 1 N–H and O–H groups in total. The molecule has 1 amide bonds. The zero-order valence-electron chi connectivity index (χ0n) is 16.3. The topological polar surface area (TPSA) is 85.3 Å².